The lowest BCUT2D eigenvalue weighted by molar-refractivity contribution is -0.136. The van der Waals surface area contributed by atoms with Gasteiger partial charge in [-0.25, -0.2) is 4.52 Å². The Labute approximate surface area is 201 Å². The number of carbonyl (C=O) groups excluding carboxylic acids is 3. The van der Waals surface area contributed by atoms with Gasteiger partial charge in [0, 0.05) is 38.4 Å². The van der Waals surface area contributed by atoms with E-state index in [0.29, 0.717) is 49.3 Å². The van der Waals surface area contributed by atoms with Gasteiger partial charge in [0.05, 0.1) is 29.0 Å². The molecule has 6 heterocycles. The first kappa shape index (κ1) is 21.9. The molecule has 3 amide bonds. The largest absolute Gasteiger partial charge is 0.383 e. The third-order valence-corrected chi connectivity index (χ3v) is 7.40. The zero-order valence-electron chi connectivity index (χ0n) is 19.2. The molecule has 3 aromatic heterocycles. The van der Waals surface area contributed by atoms with Crippen molar-refractivity contribution in [1.29, 1.82) is 0 Å². The Morgan fingerprint density at radius 2 is 1.91 bits per heavy atom. The molecule has 2 N–H and O–H groups in total. The number of hydrogen-bond donors (Lipinski definition) is 2. The highest BCUT2D eigenvalue weighted by Crippen LogP contribution is 2.34. The molecule has 3 aliphatic heterocycles. The number of aliphatic hydroxyl groups is 1. The van der Waals surface area contributed by atoms with Gasteiger partial charge in [-0.1, -0.05) is 6.07 Å². The van der Waals surface area contributed by atoms with Crippen molar-refractivity contribution in [1.82, 2.24) is 29.7 Å². The summed E-state index contributed by atoms with van der Waals surface area (Å²) in [6.45, 7) is 2.41. The van der Waals surface area contributed by atoms with Crippen molar-refractivity contribution < 1.29 is 19.5 Å². The van der Waals surface area contributed by atoms with Crippen molar-refractivity contribution in [3.8, 4) is 0 Å². The number of pyridine rings is 2. The second kappa shape index (κ2) is 8.24. The van der Waals surface area contributed by atoms with Gasteiger partial charge in [0.15, 0.2) is 0 Å². The second-order valence-corrected chi connectivity index (χ2v) is 9.64. The number of amides is 3. The zero-order chi connectivity index (χ0) is 24.2. The molecule has 180 valence electrons. The van der Waals surface area contributed by atoms with Crippen LogP contribution in [0.15, 0.2) is 42.7 Å². The molecule has 2 saturated heterocycles. The van der Waals surface area contributed by atoms with Gasteiger partial charge in [-0.05, 0) is 49.1 Å². The van der Waals surface area contributed by atoms with Crippen LogP contribution in [0.2, 0.25) is 0 Å². The maximum Gasteiger partial charge on any atom is 0.256 e. The SMILES string of the molecule is O=C1CCC(N2Cc3nc(C4(O)CCN(Cc5ccc6ccnn6c5)CC4)ccc3C2=O)C(=O)N1. The van der Waals surface area contributed by atoms with E-state index in [2.05, 4.69) is 32.4 Å². The number of piperidine rings is 2. The summed E-state index contributed by atoms with van der Waals surface area (Å²) in [6, 6.07) is 8.87. The Bertz CT molecular complexity index is 1340. The smallest absolute Gasteiger partial charge is 0.256 e. The number of hydrogen-bond acceptors (Lipinski definition) is 7. The van der Waals surface area contributed by atoms with Gasteiger partial charge in [0.25, 0.3) is 5.91 Å². The summed E-state index contributed by atoms with van der Waals surface area (Å²) in [7, 11) is 0. The molecule has 3 aliphatic rings. The van der Waals surface area contributed by atoms with E-state index in [9.17, 15) is 19.5 Å². The lowest BCUT2D eigenvalue weighted by atomic mass is 9.87. The molecule has 0 bridgehead atoms. The number of rotatable bonds is 4. The molecule has 0 saturated carbocycles. The van der Waals surface area contributed by atoms with Crippen LogP contribution in [0.4, 0.5) is 0 Å². The van der Waals surface area contributed by atoms with Crippen LogP contribution in [0.3, 0.4) is 0 Å². The molecule has 6 rings (SSSR count). The van der Waals surface area contributed by atoms with E-state index in [1.165, 1.54) is 4.90 Å². The van der Waals surface area contributed by atoms with Crippen molar-refractivity contribution in [3.63, 3.8) is 0 Å². The Kier molecular flexibility index (Phi) is 5.15. The third-order valence-electron chi connectivity index (χ3n) is 7.40. The van der Waals surface area contributed by atoms with Gasteiger partial charge in [-0.2, -0.15) is 5.10 Å². The number of carbonyl (C=O) groups is 3. The molecular formula is C25H26N6O4. The number of nitrogens with one attached hydrogen (secondary N) is 1. The van der Waals surface area contributed by atoms with Crippen molar-refractivity contribution in [2.45, 2.75) is 50.4 Å². The first-order chi connectivity index (χ1) is 16.9. The lowest BCUT2D eigenvalue weighted by Gasteiger charge is -2.38. The summed E-state index contributed by atoms with van der Waals surface area (Å²) in [5.41, 5.74) is 2.73. The molecule has 0 aliphatic carbocycles. The fraction of sp³-hybridized carbons (Fsp3) is 0.400. The number of aromatic nitrogens is 3. The summed E-state index contributed by atoms with van der Waals surface area (Å²) in [6.07, 6.45) is 5.40. The van der Waals surface area contributed by atoms with E-state index in [0.717, 1.165) is 17.6 Å². The van der Waals surface area contributed by atoms with E-state index in [-0.39, 0.29) is 24.8 Å². The minimum Gasteiger partial charge on any atom is -0.383 e. The Balaban J connectivity index is 1.13. The van der Waals surface area contributed by atoms with Crippen LogP contribution < -0.4 is 5.32 Å². The minimum atomic E-state index is -1.07. The Morgan fingerprint density at radius 1 is 1.09 bits per heavy atom. The van der Waals surface area contributed by atoms with Crippen LogP contribution in [-0.4, -0.2) is 66.4 Å². The van der Waals surface area contributed by atoms with Crippen molar-refractivity contribution in [2.24, 2.45) is 0 Å². The normalized spacial score (nSPS) is 22.5. The first-order valence-electron chi connectivity index (χ1n) is 11.9. The maximum absolute atomic E-state index is 12.9. The van der Waals surface area contributed by atoms with Crippen LogP contribution in [-0.2, 0) is 28.3 Å². The van der Waals surface area contributed by atoms with E-state index in [4.69, 9.17) is 0 Å². The first-order valence-corrected chi connectivity index (χ1v) is 11.9. The minimum absolute atomic E-state index is 0.201. The van der Waals surface area contributed by atoms with Gasteiger partial charge in [0.2, 0.25) is 11.8 Å². The predicted octanol–water partition coefficient (Wildman–Crippen LogP) is 0.974. The zero-order valence-corrected chi connectivity index (χ0v) is 19.2. The fourth-order valence-electron chi connectivity index (χ4n) is 5.34. The summed E-state index contributed by atoms with van der Waals surface area (Å²) in [5.74, 6) is -1.02. The summed E-state index contributed by atoms with van der Waals surface area (Å²) in [5, 5.41) is 18.0. The molecule has 0 aromatic carbocycles. The number of likely N-dealkylation sites (tertiary alicyclic amines) is 1. The summed E-state index contributed by atoms with van der Waals surface area (Å²) < 4.78 is 1.86. The van der Waals surface area contributed by atoms with E-state index in [1.54, 1.807) is 18.3 Å². The monoisotopic (exact) mass is 474 g/mol. The molecule has 2 fully saturated rings. The fourth-order valence-corrected chi connectivity index (χ4v) is 5.34. The van der Waals surface area contributed by atoms with E-state index < -0.39 is 17.6 Å². The van der Waals surface area contributed by atoms with Crippen molar-refractivity contribution >= 4 is 23.2 Å². The predicted molar refractivity (Wildman–Crippen MR) is 124 cm³/mol. The highest BCUT2D eigenvalue weighted by Gasteiger charge is 2.41. The number of imide groups is 1. The molecule has 10 heteroatoms. The summed E-state index contributed by atoms with van der Waals surface area (Å²) >= 11 is 0. The van der Waals surface area contributed by atoms with Crippen LogP contribution in [0.1, 0.15) is 53.0 Å². The van der Waals surface area contributed by atoms with Crippen LogP contribution in [0.25, 0.3) is 5.52 Å². The maximum atomic E-state index is 12.9. The molecule has 0 spiro atoms. The third kappa shape index (κ3) is 3.88. The van der Waals surface area contributed by atoms with Gasteiger partial charge in [-0.15, -0.1) is 0 Å². The van der Waals surface area contributed by atoms with Gasteiger partial charge in [-0.3, -0.25) is 29.6 Å². The van der Waals surface area contributed by atoms with Crippen LogP contribution in [0, 0.1) is 0 Å². The number of nitrogens with zero attached hydrogens (tertiary/aromatic N) is 5. The van der Waals surface area contributed by atoms with Crippen molar-refractivity contribution in [3.05, 3.63) is 65.2 Å². The lowest BCUT2D eigenvalue weighted by Crippen LogP contribution is -2.52. The number of fused-ring (bicyclic) bond motifs is 2. The van der Waals surface area contributed by atoms with Crippen LogP contribution in [0.5, 0.6) is 0 Å². The molecule has 35 heavy (non-hydrogen) atoms. The summed E-state index contributed by atoms with van der Waals surface area (Å²) in [4.78, 5) is 45.1. The quantitative estimate of drug-likeness (QED) is 0.541. The highest BCUT2D eigenvalue weighted by atomic mass is 16.3. The molecule has 10 nitrogen and oxygen atoms in total. The van der Waals surface area contributed by atoms with Gasteiger partial charge >= 0.3 is 0 Å². The van der Waals surface area contributed by atoms with E-state index in [1.807, 2.05) is 16.8 Å². The van der Waals surface area contributed by atoms with Crippen molar-refractivity contribution in [2.75, 3.05) is 13.1 Å². The second-order valence-electron chi connectivity index (χ2n) is 9.64. The molecular weight excluding hydrogens is 448 g/mol. The molecule has 1 unspecified atom stereocenters. The molecule has 0 radical (unpaired) electrons. The average Bonchev–Trinajstić information content (AvgIpc) is 3.44. The topological polar surface area (TPSA) is 120 Å². The molecule has 3 aromatic rings. The standard InChI is InChI=1S/C25H26N6O4/c32-22-6-4-20(23(33)28-22)30-15-19-18(24(30)34)3-5-21(27-19)25(35)8-11-29(12-9-25)13-16-1-2-17-7-10-26-31(17)14-16/h1-3,5,7,10,14,20,35H,4,6,8-9,11-13,15H2,(H,28,32,33). The van der Waals surface area contributed by atoms with Crippen LogP contribution >= 0.6 is 0 Å². The van der Waals surface area contributed by atoms with Gasteiger partial charge < -0.3 is 10.0 Å². The van der Waals surface area contributed by atoms with Gasteiger partial charge in [0.1, 0.15) is 11.6 Å². The molecule has 1 atom stereocenters. The Morgan fingerprint density at radius 3 is 2.71 bits per heavy atom. The average molecular weight is 475 g/mol. The van der Waals surface area contributed by atoms with E-state index >= 15 is 0 Å². The highest BCUT2D eigenvalue weighted by molar-refractivity contribution is 6.05. The Hall–Kier alpha value is -3.63.